The average Bonchev–Trinajstić information content (AvgIpc) is 2.73. The van der Waals surface area contributed by atoms with Crippen molar-refractivity contribution >= 4 is 17.9 Å². The van der Waals surface area contributed by atoms with Gasteiger partial charge in [-0.2, -0.15) is 0 Å². The number of carboxylic acid groups (broad SMARTS) is 1. The standard InChI is InChI=1S/C23H26O7/c1-4-21(24)29-16-8-6-5-7-15-28-20-13-11-19(12-14-20)23(27)30-18(3)10-9-17(2)22(25)26/h4,9-14H,1-3,5-8,15-16H2,(H,25,26)/b10-9-. The number of benzene rings is 1. The van der Waals surface area contributed by atoms with E-state index in [-0.39, 0.29) is 11.3 Å². The molecule has 0 spiro atoms. The Morgan fingerprint density at radius 3 is 2.17 bits per heavy atom. The third kappa shape index (κ3) is 10.1. The molecule has 0 saturated carbocycles. The highest BCUT2D eigenvalue weighted by molar-refractivity contribution is 5.91. The fourth-order valence-electron chi connectivity index (χ4n) is 2.14. The van der Waals surface area contributed by atoms with Crippen molar-refractivity contribution in [3.8, 4) is 5.75 Å². The normalized spacial score (nSPS) is 10.3. The predicted molar refractivity (Wildman–Crippen MR) is 112 cm³/mol. The molecule has 1 aromatic rings. The van der Waals surface area contributed by atoms with E-state index in [2.05, 4.69) is 19.7 Å². The fourth-order valence-corrected chi connectivity index (χ4v) is 2.14. The summed E-state index contributed by atoms with van der Waals surface area (Å²) in [4.78, 5) is 33.6. The molecule has 7 heteroatoms. The van der Waals surface area contributed by atoms with Crippen molar-refractivity contribution in [2.24, 2.45) is 0 Å². The lowest BCUT2D eigenvalue weighted by Crippen LogP contribution is -2.04. The Morgan fingerprint density at radius 2 is 1.57 bits per heavy atom. The molecule has 0 unspecified atom stereocenters. The summed E-state index contributed by atoms with van der Waals surface area (Å²) in [5, 5.41) is 8.71. The van der Waals surface area contributed by atoms with Gasteiger partial charge in [-0.15, -0.1) is 0 Å². The number of carbonyl (C=O) groups is 3. The molecule has 30 heavy (non-hydrogen) atoms. The highest BCUT2D eigenvalue weighted by atomic mass is 16.5. The number of hydrogen-bond donors (Lipinski definition) is 1. The molecule has 0 fully saturated rings. The van der Waals surface area contributed by atoms with Crippen LogP contribution < -0.4 is 4.74 Å². The predicted octanol–water partition coefficient (Wildman–Crippen LogP) is 4.22. The molecule has 0 aliphatic rings. The van der Waals surface area contributed by atoms with E-state index in [4.69, 9.17) is 19.3 Å². The smallest absolute Gasteiger partial charge is 0.343 e. The first-order chi connectivity index (χ1) is 14.3. The maximum Gasteiger partial charge on any atom is 0.343 e. The molecule has 0 aliphatic heterocycles. The first-order valence-electron chi connectivity index (χ1n) is 9.37. The first-order valence-corrected chi connectivity index (χ1v) is 9.37. The highest BCUT2D eigenvalue weighted by Crippen LogP contribution is 2.15. The Bertz CT molecular complexity index is 803. The van der Waals surface area contributed by atoms with Crippen molar-refractivity contribution in [3.05, 3.63) is 79.1 Å². The minimum atomic E-state index is -1.17. The SMILES string of the molecule is C=CC(=O)OCCCCCCOc1ccc(C(=O)OC(=C)/C=C\C(=C)C(=O)O)cc1. The van der Waals surface area contributed by atoms with Crippen LogP contribution in [0.2, 0.25) is 0 Å². The van der Waals surface area contributed by atoms with E-state index in [1.54, 1.807) is 24.3 Å². The van der Waals surface area contributed by atoms with Crippen LogP contribution in [0.15, 0.2) is 73.6 Å². The van der Waals surface area contributed by atoms with E-state index >= 15 is 0 Å². The van der Waals surface area contributed by atoms with E-state index < -0.39 is 17.9 Å². The number of esters is 2. The average molecular weight is 414 g/mol. The lowest BCUT2D eigenvalue weighted by Gasteiger charge is -2.08. The van der Waals surface area contributed by atoms with Gasteiger partial charge in [-0.1, -0.05) is 19.7 Å². The molecule has 0 amide bonds. The number of carboxylic acids is 1. The molecule has 0 bridgehead atoms. The summed E-state index contributed by atoms with van der Waals surface area (Å²) >= 11 is 0. The van der Waals surface area contributed by atoms with Crippen molar-refractivity contribution < 1.29 is 33.7 Å². The highest BCUT2D eigenvalue weighted by Gasteiger charge is 2.09. The third-order valence-electron chi connectivity index (χ3n) is 3.78. The Morgan fingerprint density at radius 1 is 0.933 bits per heavy atom. The molecule has 7 nitrogen and oxygen atoms in total. The lowest BCUT2D eigenvalue weighted by atomic mass is 10.2. The van der Waals surface area contributed by atoms with Crippen molar-refractivity contribution in [1.82, 2.24) is 0 Å². The van der Waals surface area contributed by atoms with Crippen LogP contribution in [0.4, 0.5) is 0 Å². The van der Waals surface area contributed by atoms with Crippen LogP contribution in [0.25, 0.3) is 0 Å². The molecule has 0 radical (unpaired) electrons. The fraction of sp³-hybridized carbons (Fsp3) is 0.261. The summed E-state index contributed by atoms with van der Waals surface area (Å²) in [6.45, 7) is 11.1. The molecular weight excluding hydrogens is 388 g/mol. The molecule has 0 aromatic heterocycles. The van der Waals surface area contributed by atoms with E-state index in [0.717, 1.165) is 31.8 Å². The summed E-state index contributed by atoms with van der Waals surface area (Å²) in [5.74, 6) is -1.57. The largest absolute Gasteiger partial charge is 0.494 e. The van der Waals surface area contributed by atoms with Crippen molar-refractivity contribution in [1.29, 1.82) is 0 Å². The summed E-state index contributed by atoms with van der Waals surface area (Å²) < 4.78 is 15.6. The van der Waals surface area contributed by atoms with Crippen molar-refractivity contribution in [2.45, 2.75) is 25.7 Å². The maximum atomic E-state index is 12.1. The van der Waals surface area contributed by atoms with Crippen LogP contribution in [0, 0.1) is 0 Å². The number of allylic oxidation sites excluding steroid dienone is 1. The first kappa shape index (κ1) is 24.4. The van der Waals surface area contributed by atoms with Gasteiger partial charge in [0.1, 0.15) is 11.5 Å². The monoisotopic (exact) mass is 414 g/mol. The Labute approximate surface area is 175 Å². The molecule has 1 N–H and O–H groups in total. The number of hydrogen-bond acceptors (Lipinski definition) is 6. The Balaban J connectivity index is 2.29. The molecule has 0 atom stereocenters. The summed E-state index contributed by atoms with van der Waals surface area (Å²) in [7, 11) is 0. The minimum absolute atomic E-state index is 0.00184. The van der Waals surface area contributed by atoms with Gasteiger partial charge < -0.3 is 19.3 Å². The molecule has 0 heterocycles. The molecule has 0 saturated heterocycles. The van der Waals surface area contributed by atoms with Gasteiger partial charge in [0.25, 0.3) is 0 Å². The van der Waals surface area contributed by atoms with Gasteiger partial charge in [0.2, 0.25) is 0 Å². The van der Waals surface area contributed by atoms with Gasteiger partial charge >= 0.3 is 17.9 Å². The Kier molecular flexibility index (Phi) is 11.0. The zero-order valence-electron chi connectivity index (χ0n) is 16.8. The van der Waals surface area contributed by atoms with Crippen molar-refractivity contribution in [2.75, 3.05) is 13.2 Å². The van der Waals surface area contributed by atoms with Crippen LogP contribution in [0.5, 0.6) is 5.75 Å². The summed E-state index contributed by atoms with van der Waals surface area (Å²) in [6, 6.07) is 6.46. The molecular formula is C23H26O7. The van der Waals surface area contributed by atoms with Crippen molar-refractivity contribution in [3.63, 3.8) is 0 Å². The van der Waals surface area contributed by atoms with Gasteiger partial charge in [0, 0.05) is 6.08 Å². The van der Waals surface area contributed by atoms with Gasteiger partial charge in [-0.25, -0.2) is 14.4 Å². The van der Waals surface area contributed by atoms with Gasteiger partial charge in [-0.05, 0) is 62.1 Å². The molecule has 0 aliphatic carbocycles. The second kappa shape index (κ2) is 13.5. The zero-order valence-corrected chi connectivity index (χ0v) is 16.8. The Hall–Kier alpha value is -3.61. The third-order valence-corrected chi connectivity index (χ3v) is 3.78. The van der Waals surface area contributed by atoms with Crippen LogP contribution >= 0.6 is 0 Å². The molecule has 160 valence electrons. The van der Waals surface area contributed by atoms with Gasteiger partial charge in [0.05, 0.1) is 24.4 Å². The second-order valence-corrected chi connectivity index (χ2v) is 6.18. The quantitative estimate of drug-likeness (QED) is 0.160. The molecule has 1 rings (SSSR count). The molecule has 1 aromatic carbocycles. The van der Waals surface area contributed by atoms with Crippen LogP contribution in [0.1, 0.15) is 36.0 Å². The maximum absolute atomic E-state index is 12.1. The van der Waals surface area contributed by atoms with Gasteiger partial charge in [0.15, 0.2) is 0 Å². The number of rotatable bonds is 14. The number of unbranched alkanes of at least 4 members (excludes halogenated alkanes) is 3. The summed E-state index contributed by atoms with van der Waals surface area (Å²) in [5.41, 5.74) is 0.160. The van der Waals surface area contributed by atoms with Crippen LogP contribution in [-0.4, -0.2) is 36.2 Å². The van der Waals surface area contributed by atoms with E-state index in [1.165, 1.54) is 12.2 Å². The lowest BCUT2D eigenvalue weighted by molar-refractivity contribution is -0.138. The van der Waals surface area contributed by atoms with E-state index in [0.29, 0.717) is 24.5 Å². The van der Waals surface area contributed by atoms with E-state index in [1.807, 2.05) is 0 Å². The topological polar surface area (TPSA) is 99.1 Å². The number of ether oxygens (including phenoxy) is 3. The second-order valence-electron chi connectivity index (χ2n) is 6.18. The van der Waals surface area contributed by atoms with Crippen LogP contribution in [-0.2, 0) is 19.1 Å². The zero-order chi connectivity index (χ0) is 22.4. The summed E-state index contributed by atoms with van der Waals surface area (Å²) in [6.07, 6.45) is 7.12. The number of carbonyl (C=O) groups excluding carboxylic acids is 2. The number of aliphatic carboxylic acids is 1. The van der Waals surface area contributed by atoms with E-state index in [9.17, 15) is 14.4 Å². The van der Waals surface area contributed by atoms with Crippen LogP contribution in [0.3, 0.4) is 0 Å². The minimum Gasteiger partial charge on any atom is -0.494 e. The van der Waals surface area contributed by atoms with Gasteiger partial charge in [-0.3, -0.25) is 0 Å².